The minimum absolute atomic E-state index is 0.0315. The Hall–Kier alpha value is -2.72. The number of amides is 3. The van der Waals surface area contributed by atoms with E-state index in [1.165, 1.54) is 18.4 Å². The number of likely N-dealkylation sites (tertiary alicyclic amines) is 1. The van der Waals surface area contributed by atoms with Gasteiger partial charge in [0, 0.05) is 26.2 Å². The van der Waals surface area contributed by atoms with Gasteiger partial charge in [0.05, 0.1) is 18.1 Å². The van der Waals surface area contributed by atoms with Crippen LogP contribution >= 0.6 is 0 Å². The lowest BCUT2D eigenvalue weighted by Gasteiger charge is -2.18. The molecule has 3 amide bonds. The number of carbonyl (C=O) groups is 3. The average Bonchev–Trinajstić information content (AvgIpc) is 3.19. The number of alkyl halides is 3. The maximum Gasteiger partial charge on any atom is 0.394 e. The van der Waals surface area contributed by atoms with E-state index in [1.807, 2.05) is 0 Å². The lowest BCUT2D eigenvalue weighted by Crippen LogP contribution is -2.42. The second-order valence-electron chi connectivity index (χ2n) is 5.46. The van der Waals surface area contributed by atoms with Gasteiger partial charge in [0.15, 0.2) is 5.76 Å². The number of urea groups is 1. The topological polar surface area (TPSA) is 112 Å². The Balaban J connectivity index is 1.79. The minimum atomic E-state index is -4.70. The summed E-state index contributed by atoms with van der Waals surface area (Å²) in [6.45, 7) is -1.24. The third kappa shape index (κ3) is 4.64. The van der Waals surface area contributed by atoms with Crippen molar-refractivity contribution in [2.75, 3.05) is 26.2 Å². The largest absolute Gasteiger partial charge is 0.481 e. The van der Waals surface area contributed by atoms with Crippen molar-refractivity contribution in [1.29, 1.82) is 0 Å². The number of carboxylic acid groups (broad SMARTS) is 1. The third-order valence-electron chi connectivity index (χ3n) is 3.78. The summed E-state index contributed by atoms with van der Waals surface area (Å²) in [7, 11) is 0. The molecule has 0 unspecified atom stereocenters. The molecule has 1 aliphatic rings. The van der Waals surface area contributed by atoms with Crippen LogP contribution in [0.1, 0.15) is 10.6 Å². The standard InChI is InChI=1S/C14H16F3N3O5/c15-14(16,17)9-7-20(6-8(9)12(22)23)13(24)19-4-3-18-11(21)10-2-1-5-25-10/h1-2,5,8-9H,3-4,6-7H2,(H,18,21)(H,19,24)(H,22,23)/t8-,9-/m1/s1. The molecule has 1 fully saturated rings. The molecular formula is C14H16F3N3O5. The number of nitrogens with one attached hydrogen (secondary N) is 2. The number of hydrogen-bond acceptors (Lipinski definition) is 4. The van der Waals surface area contributed by atoms with Gasteiger partial charge in [-0.2, -0.15) is 13.2 Å². The van der Waals surface area contributed by atoms with Gasteiger partial charge in [0.2, 0.25) is 0 Å². The van der Waals surface area contributed by atoms with E-state index < -0.39 is 49.0 Å². The van der Waals surface area contributed by atoms with E-state index in [9.17, 15) is 27.6 Å². The maximum absolute atomic E-state index is 12.9. The Morgan fingerprint density at radius 3 is 2.44 bits per heavy atom. The molecule has 1 saturated heterocycles. The van der Waals surface area contributed by atoms with Crippen LogP contribution in [-0.2, 0) is 4.79 Å². The molecule has 2 rings (SSSR count). The first kappa shape index (κ1) is 18.6. The number of halogens is 3. The highest BCUT2D eigenvalue weighted by molar-refractivity contribution is 5.91. The zero-order valence-electron chi connectivity index (χ0n) is 12.9. The van der Waals surface area contributed by atoms with Crippen LogP contribution in [0.15, 0.2) is 22.8 Å². The highest BCUT2D eigenvalue weighted by Crippen LogP contribution is 2.37. The summed E-state index contributed by atoms with van der Waals surface area (Å²) < 4.78 is 43.4. The van der Waals surface area contributed by atoms with Gasteiger partial charge < -0.3 is 25.1 Å². The Labute approximate surface area is 140 Å². The number of hydrogen-bond donors (Lipinski definition) is 3. The van der Waals surface area contributed by atoms with Crippen molar-refractivity contribution in [1.82, 2.24) is 15.5 Å². The molecule has 0 spiro atoms. The lowest BCUT2D eigenvalue weighted by atomic mass is 9.96. The summed E-state index contributed by atoms with van der Waals surface area (Å²) in [6, 6.07) is 2.16. The van der Waals surface area contributed by atoms with Crippen LogP contribution in [0, 0.1) is 11.8 Å². The van der Waals surface area contributed by atoms with Gasteiger partial charge in [-0.15, -0.1) is 0 Å². The zero-order chi connectivity index (χ0) is 18.6. The minimum Gasteiger partial charge on any atom is -0.481 e. The van der Waals surface area contributed by atoms with Gasteiger partial charge in [0.1, 0.15) is 0 Å². The second kappa shape index (κ2) is 7.45. The van der Waals surface area contributed by atoms with Crippen molar-refractivity contribution >= 4 is 17.9 Å². The molecule has 3 N–H and O–H groups in total. The average molecular weight is 363 g/mol. The number of carboxylic acids is 1. The van der Waals surface area contributed by atoms with Gasteiger partial charge in [0.25, 0.3) is 5.91 Å². The molecule has 1 aliphatic heterocycles. The number of rotatable bonds is 5. The van der Waals surface area contributed by atoms with Crippen molar-refractivity contribution in [3.05, 3.63) is 24.2 Å². The molecule has 0 radical (unpaired) electrons. The van der Waals surface area contributed by atoms with E-state index in [2.05, 4.69) is 10.6 Å². The van der Waals surface area contributed by atoms with Crippen molar-refractivity contribution in [3.8, 4) is 0 Å². The van der Waals surface area contributed by atoms with Crippen molar-refractivity contribution in [3.63, 3.8) is 0 Å². The molecule has 1 aromatic rings. The Morgan fingerprint density at radius 1 is 1.24 bits per heavy atom. The summed E-state index contributed by atoms with van der Waals surface area (Å²) in [5.74, 6) is -5.80. The van der Waals surface area contributed by atoms with Gasteiger partial charge in [-0.1, -0.05) is 0 Å². The summed E-state index contributed by atoms with van der Waals surface area (Å²) in [5.41, 5.74) is 0. The molecule has 25 heavy (non-hydrogen) atoms. The molecule has 0 aliphatic carbocycles. The first-order chi connectivity index (χ1) is 11.7. The molecular weight excluding hydrogens is 347 g/mol. The summed E-state index contributed by atoms with van der Waals surface area (Å²) in [4.78, 5) is 35.2. The Bertz CT molecular complexity index is 632. The van der Waals surface area contributed by atoms with Gasteiger partial charge in [-0.3, -0.25) is 9.59 Å². The van der Waals surface area contributed by atoms with Crippen molar-refractivity contribution < 1.29 is 37.1 Å². The van der Waals surface area contributed by atoms with E-state index >= 15 is 0 Å². The van der Waals surface area contributed by atoms with Crippen LogP contribution in [0.2, 0.25) is 0 Å². The number of furan rings is 1. The van der Waals surface area contributed by atoms with Gasteiger partial charge >= 0.3 is 18.2 Å². The van der Waals surface area contributed by atoms with Crippen LogP contribution in [0.5, 0.6) is 0 Å². The predicted octanol–water partition coefficient (Wildman–Crippen LogP) is 0.914. The van der Waals surface area contributed by atoms with E-state index in [0.717, 1.165) is 4.90 Å². The lowest BCUT2D eigenvalue weighted by molar-refractivity contribution is -0.187. The highest BCUT2D eigenvalue weighted by Gasteiger charge is 2.53. The fourth-order valence-electron chi connectivity index (χ4n) is 2.50. The summed E-state index contributed by atoms with van der Waals surface area (Å²) >= 11 is 0. The number of aliphatic carboxylic acids is 1. The first-order valence-corrected chi connectivity index (χ1v) is 7.34. The highest BCUT2D eigenvalue weighted by atomic mass is 19.4. The smallest absolute Gasteiger partial charge is 0.394 e. The van der Waals surface area contributed by atoms with Gasteiger partial charge in [-0.05, 0) is 12.1 Å². The van der Waals surface area contributed by atoms with E-state index in [0.29, 0.717) is 0 Å². The fourth-order valence-corrected chi connectivity index (χ4v) is 2.50. The predicted molar refractivity (Wildman–Crippen MR) is 76.7 cm³/mol. The van der Waals surface area contributed by atoms with Gasteiger partial charge in [-0.25, -0.2) is 4.79 Å². The molecule has 0 bridgehead atoms. The molecule has 2 atom stereocenters. The quantitative estimate of drug-likeness (QED) is 0.674. The van der Waals surface area contributed by atoms with Crippen molar-refractivity contribution in [2.45, 2.75) is 6.18 Å². The SMILES string of the molecule is O=C(NCCNC(=O)N1C[C@@H](C(F)(F)F)[C@H](C(=O)O)C1)c1ccco1. The summed E-state index contributed by atoms with van der Waals surface area (Å²) in [5, 5.41) is 13.7. The third-order valence-corrected chi connectivity index (χ3v) is 3.78. The normalized spacial score (nSPS) is 20.4. The first-order valence-electron chi connectivity index (χ1n) is 7.34. The molecule has 8 nitrogen and oxygen atoms in total. The molecule has 0 saturated carbocycles. The Kier molecular flexibility index (Phi) is 5.55. The van der Waals surface area contributed by atoms with Crippen LogP contribution < -0.4 is 10.6 Å². The molecule has 1 aromatic heterocycles. The van der Waals surface area contributed by atoms with Crippen LogP contribution in [0.25, 0.3) is 0 Å². The van der Waals surface area contributed by atoms with Crippen LogP contribution in [-0.4, -0.2) is 60.3 Å². The fraction of sp³-hybridized carbons (Fsp3) is 0.500. The van der Waals surface area contributed by atoms with E-state index in [4.69, 9.17) is 9.52 Å². The molecule has 138 valence electrons. The number of nitrogens with zero attached hydrogens (tertiary/aromatic N) is 1. The van der Waals surface area contributed by atoms with Crippen LogP contribution in [0.3, 0.4) is 0 Å². The second-order valence-corrected chi connectivity index (χ2v) is 5.46. The zero-order valence-corrected chi connectivity index (χ0v) is 12.9. The monoisotopic (exact) mass is 363 g/mol. The number of carbonyl (C=O) groups excluding carboxylic acids is 2. The van der Waals surface area contributed by atoms with E-state index in [-0.39, 0.29) is 18.8 Å². The van der Waals surface area contributed by atoms with E-state index in [1.54, 1.807) is 0 Å². The molecule has 0 aromatic carbocycles. The van der Waals surface area contributed by atoms with Crippen molar-refractivity contribution in [2.24, 2.45) is 11.8 Å². The Morgan fingerprint density at radius 2 is 1.92 bits per heavy atom. The molecule has 11 heteroatoms. The maximum atomic E-state index is 12.9. The summed E-state index contributed by atoms with van der Waals surface area (Å²) in [6.07, 6.45) is -3.38. The molecule has 2 heterocycles. The van der Waals surface area contributed by atoms with Crippen LogP contribution in [0.4, 0.5) is 18.0 Å².